The fraction of sp³-hybridized carbons (Fsp3) is 0.182. The summed E-state index contributed by atoms with van der Waals surface area (Å²) in [4.78, 5) is 41.0. The highest BCUT2D eigenvalue weighted by molar-refractivity contribution is 7.16. The fourth-order valence-electron chi connectivity index (χ4n) is 2.82. The van der Waals surface area contributed by atoms with Crippen LogP contribution in [0.3, 0.4) is 0 Å². The first-order valence-electron chi connectivity index (χ1n) is 9.17. The molecule has 0 aliphatic heterocycles. The third-order valence-corrected chi connectivity index (χ3v) is 5.30. The van der Waals surface area contributed by atoms with Gasteiger partial charge in [0.2, 0.25) is 0 Å². The Morgan fingerprint density at radius 2 is 1.73 bits per heavy atom. The van der Waals surface area contributed by atoms with Gasteiger partial charge in [0.25, 0.3) is 5.91 Å². The number of allylic oxidation sites excluding steroid dienone is 1. The van der Waals surface area contributed by atoms with E-state index in [2.05, 4.69) is 16.3 Å². The predicted octanol–water partition coefficient (Wildman–Crippen LogP) is 3.59. The Bertz CT molecular complexity index is 1190. The van der Waals surface area contributed by atoms with E-state index in [0.29, 0.717) is 34.6 Å². The van der Waals surface area contributed by atoms with Gasteiger partial charge in [-0.2, -0.15) is 4.99 Å². The van der Waals surface area contributed by atoms with Gasteiger partial charge in [-0.25, -0.2) is 9.59 Å². The van der Waals surface area contributed by atoms with Crippen LogP contribution in [0.5, 0.6) is 0 Å². The number of carbonyl (C=O) groups is 3. The highest BCUT2D eigenvalue weighted by atomic mass is 32.1. The van der Waals surface area contributed by atoms with E-state index in [9.17, 15) is 14.4 Å². The van der Waals surface area contributed by atoms with Crippen molar-refractivity contribution in [3.05, 3.63) is 76.6 Å². The van der Waals surface area contributed by atoms with Crippen molar-refractivity contribution in [3.8, 4) is 0 Å². The minimum absolute atomic E-state index is 0.293. The zero-order valence-electron chi connectivity index (χ0n) is 16.6. The van der Waals surface area contributed by atoms with E-state index < -0.39 is 17.8 Å². The number of carbonyl (C=O) groups excluding carboxylic acids is 3. The molecule has 0 unspecified atom stereocenters. The number of thiazole rings is 1. The Morgan fingerprint density at radius 3 is 2.37 bits per heavy atom. The minimum Gasteiger partial charge on any atom is -0.465 e. The van der Waals surface area contributed by atoms with Crippen LogP contribution in [-0.2, 0) is 16.0 Å². The summed E-state index contributed by atoms with van der Waals surface area (Å²) in [5, 5.41) is 0. The Hall–Kier alpha value is -3.52. The van der Waals surface area contributed by atoms with Crippen molar-refractivity contribution >= 4 is 39.4 Å². The monoisotopic (exact) mass is 424 g/mol. The summed E-state index contributed by atoms with van der Waals surface area (Å²) < 4.78 is 12.4. The van der Waals surface area contributed by atoms with Crippen LogP contribution in [0.1, 0.15) is 38.0 Å². The van der Waals surface area contributed by atoms with Crippen LogP contribution in [0.25, 0.3) is 10.2 Å². The van der Waals surface area contributed by atoms with E-state index in [1.165, 1.54) is 42.7 Å². The highest BCUT2D eigenvalue weighted by Gasteiger charge is 2.13. The van der Waals surface area contributed by atoms with Gasteiger partial charge < -0.3 is 14.0 Å². The summed E-state index contributed by atoms with van der Waals surface area (Å²) >= 11 is 1.29. The molecule has 3 rings (SSSR count). The highest BCUT2D eigenvalue weighted by Crippen LogP contribution is 2.20. The van der Waals surface area contributed by atoms with Gasteiger partial charge >= 0.3 is 11.9 Å². The summed E-state index contributed by atoms with van der Waals surface area (Å²) in [7, 11) is 1.30. The van der Waals surface area contributed by atoms with Gasteiger partial charge in [0.05, 0.1) is 35.1 Å². The van der Waals surface area contributed by atoms with E-state index in [1.807, 2.05) is 4.57 Å². The average Bonchev–Trinajstić information content (AvgIpc) is 3.09. The van der Waals surface area contributed by atoms with Crippen LogP contribution in [0.4, 0.5) is 0 Å². The maximum absolute atomic E-state index is 12.7. The number of fused-ring (bicyclic) bond motifs is 1. The molecule has 0 radical (unpaired) electrons. The van der Waals surface area contributed by atoms with Gasteiger partial charge in [0, 0.05) is 12.1 Å². The van der Waals surface area contributed by atoms with E-state index in [-0.39, 0.29) is 0 Å². The topological polar surface area (TPSA) is 87.0 Å². The molecule has 154 valence electrons. The number of hydrogen-bond acceptors (Lipinski definition) is 6. The summed E-state index contributed by atoms with van der Waals surface area (Å²) in [6, 6.07) is 11.3. The Kier molecular flexibility index (Phi) is 6.58. The van der Waals surface area contributed by atoms with Crippen LogP contribution in [0.15, 0.2) is 60.1 Å². The molecule has 1 amide bonds. The summed E-state index contributed by atoms with van der Waals surface area (Å²) in [6.07, 6.45) is 1.71. The van der Waals surface area contributed by atoms with Crippen molar-refractivity contribution in [3.63, 3.8) is 0 Å². The molecule has 2 aromatic carbocycles. The molecule has 7 nitrogen and oxygen atoms in total. The summed E-state index contributed by atoms with van der Waals surface area (Å²) in [6.45, 7) is 6.26. The molecule has 0 spiro atoms. The van der Waals surface area contributed by atoms with Gasteiger partial charge in [0.15, 0.2) is 4.80 Å². The molecular weight excluding hydrogens is 404 g/mol. The number of methoxy groups -OCH3 is 1. The lowest BCUT2D eigenvalue weighted by Crippen LogP contribution is -2.16. The summed E-state index contributed by atoms with van der Waals surface area (Å²) in [5.74, 6) is -1.32. The second kappa shape index (κ2) is 9.32. The zero-order valence-corrected chi connectivity index (χ0v) is 17.4. The molecule has 30 heavy (non-hydrogen) atoms. The first-order valence-corrected chi connectivity index (χ1v) is 9.99. The minimum atomic E-state index is -0.475. The molecule has 3 aromatic rings. The fourth-order valence-corrected chi connectivity index (χ4v) is 3.90. The molecule has 0 saturated heterocycles. The lowest BCUT2D eigenvalue weighted by molar-refractivity contribution is 0.0525. The molecule has 0 aliphatic carbocycles. The quantitative estimate of drug-likeness (QED) is 0.446. The molecular formula is C22H20N2O5S. The zero-order chi connectivity index (χ0) is 21.7. The Balaban J connectivity index is 2.02. The maximum atomic E-state index is 12.7. The Labute approximate surface area is 176 Å². The molecule has 1 heterocycles. The van der Waals surface area contributed by atoms with E-state index in [4.69, 9.17) is 4.74 Å². The van der Waals surface area contributed by atoms with Crippen molar-refractivity contribution in [1.82, 2.24) is 4.57 Å². The number of aromatic nitrogens is 1. The summed E-state index contributed by atoms with van der Waals surface area (Å²) in [5.41, 5.74) is 1.97. The van der Waals surface area contributed by atoms with Gasteiger partial charge in [-0.1, -0.05) is 17.4 Å². The molecule has 0 bridgehead atoms. The Morgan fingerprint density at radius 1 is 1.07 bits per heavy atom. The first-order chi connectivity index (χ1) is 14.5. The van der Waals surface area contributed by atoms with Crippen LogP contribution in [-0.4, -0.2) is 36.1 Å². The number of ether oxygens (including phenoxy) is 2. The lowest BCUT2D eigenvalue weighted by atomic mass is 10.1. The number of hydrogen-bond donors (Lipinski definition) is 0. The van der Waals surface area contributed by atoms with E-state index >= 15 is 0 Å². The molecule has 8 heteroatoms. The lowest BCUT2D eigenvalue weighted by Gasteiger charge is -2.03. The van der Waals surface area contributed by atoms with Crippen molar-refractivity contribution in [1.29, 1.82) is 0 Å². The van der Waals surface area contributed by atoms with E-state index in [0.717, 1.165) is 10.2 Å². The molecule has 0 atom stereocenters. The smallest absolute Gasteiger partial charge is 0.338 e. The first kappa shape index (κ1) is 21.2. The van der Waals surface area contributed by atoms with Crippen LogP contribution in [0.2, 0.25) is 0 Å². The second-order valence-electron chi connectivity index (χ2n) is 6.17. The van der Waals surface area contributed by atoms with Gasteiger partial charge in [-0.3, -0.25) is 4.79 Å². The molecule has 0 fully saturated rings. The molecule has 0 aliphatic rings. The number of amides is 1. The van der Waals surface area contributed by atoms with Crippen molar-refractivity contribution in [2.24, 2.45) is 4.99 Å². The van der Waals surface area contributed by atoms with Crippen LogP contribution in [0, 0.1) is 0 Å². The number of nitrogens with zero attached hydrogens (tertiary/aromatic N) is 2. The number of rotatable bonds is 6. The molecule has 0 saturated carbocycles. The molecule has 0 N–H and O–H groups in total. The van der Waals surface area contributed by atoms with Crippen LogP contribution >= 0.6 is 11.3 Å². The third-order valence-electron chi connectivity index (χ3n) is 4.26. The average molecular weight is 424 g/mol. The standard InChI is InChI=1S/C22H20N2O5S/c1-4-12-24-17-11-10-16(21(27)29-5-2)13-18(17)30-22(24)23-19(25)14-6-8-15(9-7-14)20(26)28-3/h4,6-11,13H,1,5,12H2,2-3H3. The number of esters is 2. The molecule has 1 aromatic heterocycles. The maximum Gasteiger partial charge on any atom is 0.338 e. The van der Waals surface area contributed by atoms with Gasteiger partial charge in [-0.15, -0.1) is 6.58 Å². The van der Waals surface area contributed by atoms with Crippen LogP contribution < -0.4 is 4.80 Å². The largest absolute Gasteiger partial charge is 0.465 e. The second-order valence-corrected chi connectivity index (χ2v) is 7.18. The van der Waals surface area contributed by atoms with Gasteiger partial charge in [0.1, 0.15) is 0 Å². The van der Waals surface area contributed by atoms with Crippen molar-refractivity contribution in [2.45, 2.75) is 13.5 Å². The predicted molar refractivity (Wildman–Crippen MR) is 114 cm³/mol. The third kappa shape index (κ3) is 4.38. The van der Waals surface area contributed by atoms with Gasteiger partial charge in [-0.05, 0) is 49.4 Å². The SMILES string of the molecule is C=CCn1c(=NC(=O)c2ccc(C(=O)OC)cc2)sc2cc(C(=O)OCC)ccc21. The van der Waals surface area contributed by atoms with Crippen molar-refractivity contribution in [2.75, 3.05) is 13.7 Å². The van der Waals surface area contributed by atoms with Crippen molar-refractivity contribution < 1.29 is 23.9 Å². The normalized spacial score (nSPS) is 11.3. The van der Waals surface area contributed by atoms with E-state index in [1.54, 1.807) is 31.2 Å². The number of benzene rings is 2.